The third kappa shape index (κ3) is 7.11. The van der Waals surface area contributed by atoms with E-state index in [4.69, 9.17) is 0 Å². The van der Waals surface area contributed by atoms with Crippen LogP contribution >= 0.6 is 0 Å². The standard InChI is InChI=1S/C34H37F3N6O3/c35-34(36,37)27-6-3-4-23(20-27)21-30(31(44)41-16-10-25(11-17-41)24-8-14-38-15-9-24)40-32(45)42-18-12-28(13-19-42)43-22-26-5-1-2-7-29(26)39-33(43)46/h1-9,14-15,20,25,28,30H,10-13,16-19,21-22H2,(H,39,46)(H,40,45). The molecule has 2 aromatic carbocycles. The molecular formula is C34H37F3N6O3. The third-order valence-electron chi connectivity index (χ3n) is 9.33. The lowest BCUT2D eigenvalue weighted by atomic mass is 9.89. The molecule has 1 unspecified atom stereocenters. The van der Waals surface area contributed by atoms with E-state index in [1.807, 2.05) is 36.4 Å². The van der Waals surface area contributed by atoms with Crippen LogP contribution in [0.4, 0.5) is 28.4 Å². The summed E-state index contributed by atoms with van der Waals surface area (Å²) in [6.45, 7) is 2.21. The van der Waals surface area contributed by atoms with Gasteiger partial charge in [0, 0.05) is 63.3 Å². The maximum Gasteiger partial charge on any atom is 0.416 e. The SMILES string of the molecule is O=C(NC(Cc1cccc(C(F)(F)F)c1)C(=O)N1CCC(c2ccncc2)CC1)N1CCC(N2Cc3ccccc3NC2=O)CC1. The number of benzene rings is 2. The number of anilines is 1. The predicted molar refractivity (Wildman–Crippen MR) is 166 cm³/mol. The van der Waals surface area contributed by atoms with E-state index in [0.29, 0.717) is 51.1 Å². The Morgan fingerprint density at radius 2 is 1.61 bits per heavy atom. The number of aromatic nitrogens is 1. The largest absolute Gasteiger partial charge is 0.416 e. The van der Waals surface area contributed by atoms with Crippen molar-refractivity contribution in [2.75, 3.05) is 31.5 Å². The maximum absolute atomic E-state index is 13.9. The molecule has 2 fully saturated rings. The zero-order valence-corrected chi connectivity index (χ0v) is 25.4. The van der Waals surface area contributed by atoms with Crippen LogP contribution in [0.25, 0.3) is 0 Å². The summed E-state index contributed by atoms with van der Waals surface area (Å²) in [5.74, 6) is -0.0298. The van der Waals surface area contributed by atoms with Gasteiger partial charge in [-0.25, -0.2) is 9.59 Å². The van der Waals surface area contributed by atoms with Crippen molar-refractivity contribution in [1.82, 2.24) is 25.0 Å². The van der Waals surface area contributed by atoms with Gasteiger partial charge in [-0.2, -0.15) is 13.2 Å². The first kappa shape index (κ1) is 31.4. The Morgan fingerprint density at radius 1 is 0.913 bits per heavy atom. The number of pyridine rings is 1. The number of hydrogen-bond acceptors (Lipinski definition) is 4. The number of halogens is 3. The molecule has 1 aromatic heterocycles. The molecule has 5 amide bonds. The molecule has 0 radical (unpaired) electrons. The fraction of sp³-hybridized carbons (Fsp3) is 0.412. The molecule has 46 heavy (non-hydrogen) atoms. The second-order valence-corrected chi connectivity index (χ2v) is 12.2. The Kier molecular flexibility index (Phi) is 9.14. The van der Waals surface area contributed by atoms with Gasteiger partial charge in [0.15, 0.2) is 0 Å². The average molecular weight is 635 g/mol. The zero-order chi connectivity index (χ0) is 32.3. The van der Waals surface area contributed by atoms with E-state index in [1.54, 1.807) is 33.2 Å². The highest BCUT2D eigenvalue weighted by Gasteiger charge is 2.36. The summed E-state index contributed by atoms with van der Waals surface area (Å²) in [7, 11) is 0. The fourth-order valence-corrected chi connectivity index (χ4v) is 6.74. The van der Waals surface area contributed by atoms with E-state index in [2.05, 4.69) is 15.6 Å². The fourth-order valence-electron chi connectivity index (χ4n) is 6.74. The van der Waals surface area contributed by atoms with Gasteiger partial charge < -0.3 is 25.3 Å². The normalized spacial score (nSPS) is 18.5. The van der Waals surface area contributed by atoms with Crippen LogP contribution in [0.15, 0.2) is 73.1 Å². The summed E-state index contributed by atoms with van der Waals surface area (Å²) in [5.41, 5.74) is 2.51. The minimum atomic E-state index is -4.52. The van der Waals surface area contributed by atoms with Crippen molar-refractivity contribution >= 4 is 23.7 Å². The molecule has 2 saturated heterocycles. The van der Waals surface area contributed by atoms with Crippen LogP contribution in [0.2, 0.25) is 0 Å². The lowest BCUT2D eigenvalue weighted by Crippen LogP contribution is -2.57. The molecule has 6 rings (SSSR count). The van der Waals surface area contributed by atoms with Crippen LogP contribution in [0.5, 0.6) is 0 Å². The summed E-state index contributed by atoms with van der Waals surface area (Å²) in [4.78, 5) is 49.4. The molecule has 0 aliphatic carbocycles. The number of hydrogen-bond donors (Lipinski definition) is 2. The first-order valence-electron chi connectivity index (χ1n) is 15.7. The molecule has 242 valence electrons. The van der Waals surface area contributed by atoms with Crippen LogP contribution in [0, 0.1) is 0 Å². The first-order valence-corrected chi connectivity index (χ1v) is 15.7. The van der Waals surface area contributed by atoms with Crippen molar-refractivity contribution in [2.24, 2.45) is 0 Å². The van der Waals surface area contributed by atoms with Gasteiger partial charge >= 0.3 is 18.2 Å². The summed E-state index contributed by atoms with van der Waals surface area (Å²) >= 11 is 0. The van der Waals surface area contributed by atoms with Crippen LogP contribution in [0.1, 0.15) is 53.9 Å². The monoisotopic (exact) mass is 634 g/mol. The molecule has 9 nitrogen and oxygen atoms in total. The second kappa shape index (κ2) is 13.4. The molecule has 0 spiro atoms. The van der Waals surface area contributed by atoms with E-state index in [-0.39, 0.29) is 30.3 Å². The number of para-hydroxylation sites is 1. The summed E-state index contributed by atoms with van der Waals surface area (Å²) in [6, 6.07) is 14.8. The van der Waals surface area contributed by atoms with E-state index in [0.717, 1.165) is 41.8 Å². The number of carbonyl (C=O) groups excluding carboxylic acids is 3. The van der Waals surface area contributed by atoms with E-state index in [1.165, 1.54) is 6.07 Å². The van der Waals surface area contributed by atoms with Crippen molar-refractivity contribution in [1.29, 1.82) is 0 Å². The van der Waals surface area contributed by atoms with Crippen molar-refractivity contribution in [3.8, 4) is 0 Å². The van der Waals surface area contributed by atoms with Crippen LogP contribution in [-0.4, -0.2) is 75.9 Å². The minimum Gasteiger partial charge on any atom is -0.341 e. The van der Waals surface area contributed by atoms with Gasteiger partial charge in [-0.3, -0.25) is 9.78 Å². The summed E-state index contributed by atoms with van der Waals surface area (Å²) < 4.78 is 40.4. The van der Waals surface area contributed by atoms with Crippen molar-refractivity contribution in [2.45, 2.75) is 62.8 Å². The number of carbonyl (C=O) groups is 3. The predicted octanol–water partition coefficient (Wildman–Crippen LogP) is 5.64. The number of rotatable bonds is 6. The molecule has 0 bridgehead atoms. The number of nitrogens with one attached hydrogen (secondary N) is 2. The van der Waals surface area contributed by atoms with Crippen molar-refractivity contribution < 1.29 is 27.6 Å². The number of nitrogens with zero attached hydrogens (tertiary/aromatic N) is 4. The molecule has 1 atom stereocenters. The Hall–Kier alpha value is -4.61. The number of amides is 5. The van der Waals surface area contributed by atoms with Gasteiger partial charge in [0.1, 0.15) is 6.04 Å². The third-order valence-corrected chi connectivity index (χ3v) is 9.33. The van der Waals surface area contributed by atoms with Crippen molar-refractivity contribution in [3.05, 3.63) is 95.3 Å². The highest BCUT2D eigenvalue weighted by molar-refractivity contribution is 5.92. The van der Waals surface area contributed by atoms with E-state index >= 15 is 0 Å². The smallest absolute Gasteiger partial charge is 0.341 e. The molecule has 3 aliphatic heterocycles. The van der Waals surface area contributed by atoms with Gasteiger partial charge in [0.2, 0.25) is 5.91 Å². The molecular weight excluding hydrogens is 597 g/mol. The first-order chi connectivity index (χ1) is 22.2. The lowest BCUT2D eigenvalue weighted by molar-refractivity contribution is -0.137. The molecule has 2 N–H and O–H groups in total. The van der Waals surface area contributed by atoms with Crippen LogP contribution in [-0.2, 0) is 23.9 Å². The lowest BCUT2D eigenvalue weighted by Gasteiger charge is -2.41. The molecule has 12 heteroatoms. The van der Waals surface area contributed by atoms with Crippen LogP contribution in [0.3, 0.4) is 0 Å². The highest BCUT2D eigenvalue weighted by Crippen LogP contribution is 2.31. The Morgan fingerprint density at radius 3 is 2.33 bits per heavy atom. The summed E-state index contributed by atoms with van der Waals surface area (Å²) in [5, 5.41) is 5.80. The number of alkyl halides is 3. The van der Waals surface area contributed by atoms with Gasteiger partial charge in [0.25, 0.3) is 0 Å². The van der Waals surface area contributed by atoms with Gasteiger partial charge in [-0.15, -0.1) is 0 Å². The zero-order valence-electron chi connectivity index (χ0n) is 25.4. The maximum atomic E-state index is 13.9. The number of piperidine rings is 2. The van der Waals surface area contributed by atoms with Crippen LogP contribution < -0.4 is 10.6 Å². The number of likely N-dealkylation sites (tertiary alicyclic amines) is 2. The van der Waals surface area contributed by atoms with Gasteiger partial charge in [-0.05, 0) is 72.6 Å². The number of urea groups is 2. The highest BCUT2D eigenvalue weighted by atomic mass is 19.4. The molecule has 3 aliphatic rings. The Balaban J connectivity index is 1.11. The van der Waals surface area contributed by atoms with Gasteiger partial charge in [0.05, 0.1) is 5.56 Å². The molecule has 4 heterocycles. The topological polar surface area (TPSA) is 97.9 Å². The van der Waals surface area contributed by atoms with E-state index in [9.17, 15) is 27.6 Å². The quantitative estimate of drug-likeness (QED) is 0.367. The average Bonchev–Trinajstić information content (AvgIpc) is 3.07. The number of fused-ring (bicyclic) bond motifs is 1. The molecule has 0 saturated carbocycles. The van der Waals surface area contributed by atoms with E-state index < -0.39 is 23.8 Å². The Bertz CT molecular complexity index is 1550. The minimum absolute atomic E-state index is 0.0540. The van der Waals surface area contributed by atoms with Crippen molar-refractivity contribution in [3.63, 3.8) is 0 Å². The Labute approximate surface area is 265 Å². The van der Waals surface area contributed by atoms with Gasteiger partial charge in [-0.1, -0.05) is 36.4 Å². The molecule has 3 aromatic rings. The summed E-state index contributed by atoms with van der Waals surface area (Å²) in [6.07, 6.45) is 1.51. The second-order valence-electron chi connectivity index (χ2n) is 12.2.